The highest BCUT2D eigenvalue weighted by Gasteiger charge is 2.50. The van der Waals surface area contributed by atoms with E-state index in [1.807, 2.05) is 0 Å². The van der Waals surface area contributed by atoms with Crippen LogP contribution in [0.5, 0.6) is 5.75 Å². The van der Waals surface area contributed by atoms with Crippen molar-refractivity contribution in [3.63, 3.8) is 0 Å². The third-order valence-corrected chi connectivity index (χ3v) is 5.36. The average Bonchev–Trinajstić information content (AvgIpc) is 2.46. The average molecular weight is 334 g/mol. The number of hydrogen-bond donors (Lipinski definition) is 1. The SMILES string of the molecule is CCC1(C)C(N)CC1Oc1ccc2cc(Br)ccc2c1. The summed E-state index contributed by atoms with van der Waals surface area (Å²) in [6.07, 6.45) is 2.23. The molecule has 0 spiro atoms. The first-order valence-electron chi connectivity index (χ1n) is 7.14. The number of hydrogen-bond acceptors (Lipinski definition) is 2. The molecule has 0 radical (unpaired) electrons. The van der Waals surface area contributed by atoms with Gasteiger partial charge in [0.15, 0.2) is 0 Å². The van der Waals surface area contributed by atoms with Gasteiger partial charge in [0, 0.05) is 22.4 Å². The second-order valence-electron chi connectivity index (χ2n) is 5.96. The highest BCUT2D eigenvalue weighted by molar-refractivity contribution is 9.10. The van der Waals surface area contributed by atoms with E-state index in [4.69, 9.17) is 10.5 Å². The molecule has 0 bridgehead atoms. The summed E-state index contributed by atoms with van der Waals surface area (Å²) in [7, 11) is 0. The maximum atomic E-state index is 6.17. The van der Waals surface area contributed by atoms with Crippen molar-refractivity contribution in [2.75, 3.05) is 0 Å². The van der Waals surface area contributed by atoms with Crippen molar-refractivity contribution in [3.05, 3.63) is 40.9 Å². The molecule has 0 heterocycles. The van der Waals surface area contributed by atoms with E-state index < -0.39 is 0 Å². The summed E-state index contributed by atoms with van der Waals surface area (Å²) >= 11 is 3.50. The summed E-state index contributed by atoms with van der Waals surface area (Å²) < 4.78 is 7.27. The fraction of sp³-hybridized carbons (Fsp3) is 0.412. The maximum Gasteiger partial charge on any atom is 0.120 e. The summed E-state index contributed by atoms with van der Waals surface area (Å²) in [6.45, 7) is 4.41. The van der Waals surface area contributed by atoms with Gasteiger partial charge in [-0.15, -0.1) is 0 Å². The molecule has 0 aromatic heterocycles. The van der Waals surface area contributed by atoms with E-state index in [0.29, 0.717) is 0 Å². The van der Waals surface area contributed by atoms with E-state index >= 15 is 0 Å². The molecule has 1 fully saturated rings. The number of rotatable bonds is 3. The van der Waals surface area contributed by atoms with E-state index in [0.717, 1.165) is 23.1 Å². The van der Waals surface area contributed by atoms with Gasteiger partial charge >= 0.3 is 0 Å². The van der Waals surface area contributed by atoms with Gasteiger partial charge in [0.05, 0.1) is 0 Å². The molecule has 1 saturated carbocycles. The summed E-state index contributed by atoms with van der Waals surface area (Å²) in [5, 5.41) is 2.42. The van der Waals surface area contributed by atoms with Crippen LogP contribution in [0.4, 0.5) is 0 Å². The molecule has 20 heavy (non-hydrogen) atoms. The lowest BCUT2D eigenvalue weighted by molar-refractivity contribution is -0.0559. The van der Waals surface area contributed by atoms with Crippen molar-refractivity contribution in [1.29, 1.82) is 0 Å². The van der Waals surface area contributed by atoms with Gasteiger partial charge in [-0.25, -0.2) is 0 Å². The second-order valence-corrected chi connectivity index (χ2v) is 6.88. The van der Waals surface area contributed by atoms with Crippen molar-refractivity contribution in [1.82, 2.24) is 0 Å². The number of halogens is 1. The minimum Gasteiger partial charge on any atom is -0.490 e. The Kier molecular flexibility index (Phi) is 3.51. The molecule has 106 valence electrons. The molecule has 0 saturated heterocycles. The fourth-order valence-corrected chi connectivity index (χ4v) is 3.33. The number of benzene rings is 2. The standard InChI is InChI=1S/C17H20BrNO/c1-3-17(2)15(19)10-16(17)20-14-7-5-11-8-13(18)6-4-12(11)9-14/h4-9,15-16H,3,10,19H2,1-2H3. The molecule has 3 unspecified atom stereocenters. The number of fused-ring (bicyclic) bond motifs is 1. The molecular weight excluding hydrogens is 314 g/mol. The molecule has 2 nitrogen and oxygen atoms in total. The van der Waals surface area contributed by atoms with Crippen LogP contribution in [0, 0.1) is 5.41 Å². The molecule has 3 heteroatoms. The van der Waals surface area contributed by atoms with Crippen LogP contribution in [0.2, 0.25) is 0 Å². The van der Waals surface area contributed by atoms with Gasteiger partial charge in [-0.05, 0) is 41.5 Å². The third-order valence-electron chi connectivity index (χ3n) is 4.86. The van der Waals surface area contributed by atoms with E-state index in [-0.39, 0.29) is 17.6 Å². The molecule has 0 aliphatic heterocycles. The van der Waals surface area contributed by atoms with Crippen LogP contribution in [-0.4, -0.2) is 12.1 Å². The van der Waals surface area contributed by atoms with E-state index in [1.165, 1.54) is 10.8 Å². The van der Waals surface area contributed by atoms with Crippen molar-refractivity contribution in [3.8, 4) is 5.75 Å². The second kappa shape index (κ2) is 5.05. The van der Waals surface area contributed by atoms with Crippen LogP contribution in [0.3, 0.4) is 0 Å². The lowest BCUT2D eigenvalue weighted by Gasteiger charge is -2.51. The smallest absolute Gasteiger partial charge is 0.120 e. The predicted octanol–water partition coefficient (Wildman–Crippen LogP) is 4.50. The topological polar surface area (TPSA) is 35.2 Å². The van der Waals surface area contributed by atoms with Crippen molar-refractivity contribution in [2.45, 2.75) is 38.8 Å². The minimum atomic E-state index is 0.106. The Labute approximate surface area is 128 Å². The van der Waals surface area contributed by atoms with Gasteiger partial charge in [-0.3, -0.25) is 0 Å². The summed E-state index contributed by atoms with van der Waals surface area (Å²) in [5.41, 5.74) is 6.24. The Balaban J connectivity index is 1.83. The zero-order valence-electron chi connectivity index (χ0n) is 11.9. The molecule has 1 aliphatic carbocycles. The first kappa shape index (κ1) is 13.9. The van der Waals surface area contributed by atoms with Gasteiger partial charge in [0.2, 0.25) is 0 Å². The lowest BCUT2D eigenvalue weighted by atomic mass is 9.62. The van der Waals surface area contributed by atoms with Gasteiger partial charge in [-0.1, -0.05) is 41.9 Å². The molecular formula is C17H20BrNO. The highest BCUT2D eigenvalue weighted by atomic mass is 79.9. The Morgan fingerprint density at radius 1 is 1.25 bits per heavy atom. The first-order chi connectivity index (χ1) is 9.53. The monoisotopic (exact) mass is 333 g/mol. The van der Waals surface area contributed by atoms with E-state index in [2.05, 4.69) is 66.2 Å². The van der Waals surface area contributed by atoms with Crippen LogP contribution in [0.1, 0.15) is 26.7 Å². The van der Waals surface area contributed by atoms with Crippen molar-refractivity contribution < 1.29 is 4.74 Å². The molecule has 1 aliphatic rings. The number of nitrogens with two attached hydrogens (primary N) is 1. The zero-order valence-corrected chi connectivity index (χ0v) is 13.5. The fourth-order valence-electron chi connectivity index (χ4n) is 2.95. The Bertz CT molecular complexity index is 642. The van der Waals surface area contributed by atoms with Crippen molar-refractivity contribution >= 4 is 26.7 Å². The normalized spacial score (nSPS) is 29.2. The zero-order chi connectivity index (χ0) is 14.3. The van der Waals surface area contributed by atoms with E-state index in [1.54, 1.807) is 0 Å². The molecule has 0 amide bonds. The van der Waals surface area contributed by atoms with Crippen LogP contribution in [-0.2, 0) is 0 Å². The van der Waals surface area contributed by atoms with Crippen LogP contribution < -0.4 is 10.5 Å². The van der Waals surface area contributed by atoms with Gasteiger partial charge in [0.25, 0.3) is 0 Å². The van der Waals surface area contributed by atoms with Crippen molar-refractivity contribution in [2.24, 2.45) is 11.1 Å². The van der Waals surface area contributed by atoms with Crippen LogP contribution >= 0.6 is 15.9 Å². The minimum absolute atomic E-state index is 0.106. The van der Waals surface area contributed by atoms with Gasteiger partial charge in [-0.2, -0.15) is 0 Å². The van der Waals surface area contributed by atoms with Gasteiger partial charge in [0.1, 0.15) is 11.9 Å². The molecule has 2 aromatic rings. The van der Waals surface area contributed by atoms with Crippen LogP contribution in [0.25, 0.3) is 10.8 Å². The largest absolute Gasteiger partial charge is 0.490 e. The summed E-state index contributed by atoms with van der Waals surface area (Å²) in [4.78, 5) is 0. The Morgan fingerprint density at radius 3 is 2.65 bits per heavy atom. The first-order valence-corrected chi connectivity index (χ1v) is 7.94. The quantitative estimate of drug-likeness (QED) is 0.897. The summed E-state index contributed by atoms with van der Waals surface area (Å²) in [5.74, 6) is 0.941. The Hall–Kier alpha value is -1.06. The Morgan fingerprint density at radius 2 is 1.95 bits per heavy atom. The molecule has 3 rings (SSSR count). The highest BCUT2D eigenvalue weighted by Crippen LogP contribution is 2.45. The maximum absolute atomic E-state index is 6.17. The third kappa shape index (κ3) is 2.23. The number of ether oxygens (including phenoxy) is 1. The van der Waals surface area contributed by atoms with Crippen LogP contribution in [0.15, 0.2) is 40.9 Å². The predicted molar refractivity (Wildman–Crippen MR) is 87.1 cm³/mol. The lowest BCUT2D eigenvalue weighted by Crippen LogP contribution is -2.61. The van der Waals surface area contributed by atoms with E-state index in [9.17, 15) is 0 Å². The summed E-state index contributed by atoms with van der Waals surface area (Å²) in [6, 6.07) is 12.8. The molecule has 3 atom stereocenters. The van der Waals surface area contributed by atoms with Gasteiger partial charge < -0.3 is 10.5 Å². The molecule has 2 aromatic carbocycles. The molecule has 2 N–H and O–H groups in total.